The second-order valence-electron chi connectivity index (χ2n) is 2.87. The Hall–Kier alpha value is -0.200. The van der Waals surface area contributed by atoms with E-state index in [-0.39, 0.29) is 6.04 Å². The minimum Gasteiger partial charge on any atom is -0.338 e. The first-order valence-electron chi connectivity index (χ1n) is 4.34. The zero-order valence-electron chi connectivity index (χ0n) is 8.40. The summed E-state index contributed by atoms with van der Waals surface area (Å²) in [6, 6.07) is -0.120. The number of aromatic nitrogens is 2. The molecule has 0 aromatic carbocycles. The molecular formula is C8H15N3OS2. The molecule has 0 amide bonds. The summed E-state index contributed by atoms with van der Waals surface area (Å²) >= 11 is 3.44. The first-order valence-corrected chi connectivity index (χ1v) is 7.12. The van der Waals surface area contributed by atoms with E-state index < -0.39 is 0 Å². The van der Waals surface area contributed by atoms with E-state index in [9.17, 15) is 0 Å². The van der Waals surface area contributed by atoms with Crippen LogP contribution in [-0.4, -0.2) is 28.4 Å². The van der Waals surface area contributed by atoms with Crippen LogP contribution in [0.5, 0.6) is 0 Å². The van der Waals surface area contributed by atoms with Crippen LogP contribution in [-0.2, 0) is 5.75 Å². The van der Waals surface area contributed by atoms with Gasteiger partial charge in [-0.2, -0.15) is 28.5 Å². The molecule has 0 aliphatic rings. The number of rotatable bonds is 6. The van der Waals surface area contributed by atoms with Crippen LogP contribution in [0.3, 0.4) is 0 Å². The molecule has 1 atom stereocenters. The monoisotopic (exact) mass is 233 g/mol. The molecule has 0 aliphatic carbocycles. The van der Waals surface area contributed by atoms with Gasteiger partial charge < -0.3 is 10.3 Å². The van der Waals surface area contributed by atoms with Gasteiger partial charge in [-0.05, 0) is 24.7 Å². The molecule has 0 saturated carbocycles. The van der Waals surface area contributed by atoms with Crippen LogP contribution < -0.4 is 5.73 Å². The van der Waals surface area contributed by atoms with E-state index in [0.29, 0.717) is 5.89 Å². The standard InChI is InChI=1S/C8H15N3OS2/c1-13-4-3-6(9)8-10-7(5-14-2)11-12-8/h6H,3-5,9H2,1-2H3. The Balaban J connectivity index is 2.48. The van der Waals surface area contributed by atoms with Crippen LogP contribution in [0, 0.1) is 0 Å². The molecule has 4 nitrogen and oxygen atoms in total. The second-order valence-corrected chi connectivity index (χ2v) is 4.72. The predicted molar refractivity (Wildman–Crippen MR) is 61.4 cm³/mol. The molecule has 2 N–H and O–H groups in total. The third-order valence-electron chi connectivity index (χ3n) is 1.71. The predicted octanol–water partition coefficient (Wildman–Crippen LogP) is 1.69. The Morgan fingerprint density at radius 3 is 2.86 bits per heavy atom. The minimum atomic E-state index is -0.120. The van der Waals surface area contributed by atoms with E-state index in [0.717, 1.165) is 23.8 Å². The lowest BCUT2D eigenvalue weighted by Crippen LogP contribution is -2.11. The largest absolute Gasteiger partial charge is 0.338 e. The van der Waals surface area contributed by atoms with Crippen LogP contribution in [0.2, 0.25) is 0 Å². The Morgan fingerprint density at radius 1 is 1.43 bits per heavy atom. The topological polar surface area (TPSA) is 64.9 Å². The van der Waals surface area contributed by atoms with Gasteiger partial charge in [-0.1, -0.05) is 5.16 Å². The number of hydrogen-bond acceptors (Lipinski definition) is 6. The van der Waals surface area contributed by atoms with E-state index in [4.69, 9.17) is 10.3 Å². The third-order valence-corrected chi connectivity index (χ3v) is 2.90. The molecule has 6 heteroatoms. The van der Waals surface area contributed by atoms with E-state index in [1.165, 1.54) is 0 Å². The molecule has 0 spiro atoms. The van der Waals surface area contributed by atoms with E-state index in [1.54, 1.807) is 23.5 Å². The van der Waals surface area contributed by atoms with Crippen molar-refractivity contribution in [1.82, 2.24) is 10.1 Å². The van der Waals surface area contributed by atoms with Crippen molar-refractivity contribution >= 4 is 23.5 Å². The fraction of sp³-hybridized carbons (Fsp3) is 0.750. The zero-order chi connectivity index (χ0) is 10.4. The number of thioether (sulfide) groups is 2. The summed E-state index contributed by atoms with van der Waals surface area (Å²) in [5.41, 5.74) is 5.87. The summed E-state index contributed by atoms with van der Waals surface area (Å²) < 4.78 is 5.07. The van der Waals surface area contributed by atoms with Gasteiger partial charge in [-0.25, -0.2) is 0 Å². The highest BCUT2D eigenvalue weighted by atomic mass is 32.2. The normalized spacial score (nSPS) is 13.1. The molecule has 1 heterocycles. The summed E-state index contributed by atoms with van der Waals surface area (Å²) in [4.78, 5) is 4.22. The Bertz CT molecular complexity index is 267. The molecule has 80 valence electrons. The zero-order valence-corrected chi connectivity index (χ0v) is 10.0. The highest BCUT2D eigenvalue weighted by Crippen LogP contribution is 2.15. The fourth-order valence-corrected chi connectivity index (χ4v) is 1.84. The van der Waals surface area contributed by atoms with Crippen LogP contribution in [0.4, 0.5) is 0 Å². The third kappa shape index (κ3) is 3.51. The fourth-order valence-electron chi connectivity index (χ4n) is 0.974. The van der Waals surface area contributed by atoms with Gasteiger partial charge in [0.2, 0.25) is 5.89 Å². The van der Waals surface area contributed by atoms with Crippen LogP contribution in [0.15, 0.2) is 4.52 Å². The second kappa shape index (κ2) is 6.31. The average molecular weight is 233 g/mol. The lowest BCUT2D eigenvalue weighted by atomic mass is 10.2. The van der Waals surface area contributed by atoms with E-state index in [2.05, 4.69) is 16.4 Å². The van der Waals surface area contributed by atoms with Gasteiger partial charge in [0.1, 0.15) is 0 Å². The Labute approximate surface area is 92.4 Å². The summed E-state index contributed by atoms with van der Waals surface area (Å²) in [7, 11) is 0. The molecule has 0 bridgehead atoms. The maximum absolute atomic E-state index is 5.87. The average Bonchev–Trinajstić information content (AvgIpc) is 2.63. The van der Waals surface area contributed by atoms with Gasteiger partial charge in [0.25, 0.3) is 0 Å². The van der Waals surface area contributed by atoms with E-state index >= 15 is 0 Å². The van der Waals surface area contributed by atoms with Crippen molar-refractivity contribution in [2.45, 2.75) is 18.2 Å². The SMILES string of the molecule is CSCCC(N)c1nc(CSC)no1. The van der Waals surface area contributed by atoms with Gasteiger partial charge in [-0.3, -0.25) is 0 Å². The number of nitrogens with zero attached hydrogens (tertiary/aromatic N) is 2. The quantitative estimate of drug-likeness (QED) is 0.806. The van der Waals surface area contributed by atoms with Crippen molar-refractivity contribution in [1.29, 1.82) is 0 Å². The lowest BCUT2D eigenvalue weighted by Gasteiger charge is -2.03. The van der Waals surface area contributed by atoms with Crippen molar-refractivity contribution in [3.05, 3.63) is 11.7 Å². The number of hydrogen-bond donors (Lipinski definition) is 1. The smallest absolute Gasteiger partial charge is 0.243 e. The van der Waals surface area contributed by atoms with Gasteiger partial charge in [0, 0.05) is 0 Å². The molecule has 0 radical (unpaired) electrons. The Kier molecular flexibility index (Phi) is 5.36. The van der Waals surface area contributed by atoms with Gasteiger partial charge in [-0.15, -0.1) is 0 Å². The molecule has 1 aromatic heterocycles. The first-order chi connectivity index (χ1) is 6.77. The molecule has 1 rings (SSSR count). The lowest BCUT2D eigenvalue weighted by molar-refractivity contribution is 0.350. The molecule has 14 heavy (non-hydrogen) atoms. The minimum absolute atomic E-state index is 0.120. The molecule has 1 aromatic rings. The van der Waals surface area contributed by atoms with Crippen LogP contribution in [0.1, 0.15) is 24.2 Å². The first kappa shape index (κ1) is 11.9. The molecule has 0 aliphatic heterocycles. The van der Waals surface area contributed by atoms with Crippen molar-refractivity contribution in [2.75, 3.05) is 18.3 Å². The van der Waals surface area contributed by atoms with Crippen molar-refractivity contribution < 1.29 is 4.52 Å². The van der Waals surface area contributed by atoms with Gasteiger partial charge in [0.15, 0.2) is 5.82 Å². The Morgan fingerprint density at radius 2 is 2.21 bits per heavy atom. The molecule has 0 fully saturated rings. The molecule has 0 saturated heterocycles. The molecular weight excluding hydrogens is 218 g/mol. The van der Waals surface area contributed by atoms with Crippen molar-refractivity contribution in [3.63, 3.8) is 0 Å². The summed E-state index contributed by atoms with van der Waals surface area (Å²) in [6.07, 6.45) is 4.94. The van der Waals surface area contributed by atoms with Crippen molar-refractivity contribution in [3.8, 4) is 0 Å². The van der Waals surface area contributed by atoms with Gasteiger partial charge >= 0.3 is 0 Å². The maximum atomic E-state index is 5.87. The van der Waals surface area contributed by atoms with Gasteiger partial charge in [0.05, 0.1) is 11.8 Å². The summed E-state index contributed by atoms with van der Waals surface area (Å²) in [6.45, 7) is 0. The summed E-state index contributed by atoms with van der Waals surface area (Å²) in [5.74, 6) is 3.08. The summed E-state index contributed by atoms with van der Waals surface area (Å²) in [5, 5.41) is 3.84. The maximum Gasteiger partial charge on any atom is 0.243 e. The highest BCUT2D eigenvalue weighted by molar-refractivity contribution is 7.98. The highest BCUT2D eigenvalue weighted by Gasteiger charge is 2.13. The van der Waals surface area contributed by atoms with Crippen molar-refractivity contribution in [2.24, 2.45) is 5.73 Å². The van der Waals surface area contributed by atoms with E-state index in [1.807, 2.05) is 6.26 Å². The number of nitrogens with two attached hydrogens (primary N) is 1. The van der Waals surface area contributed by atoms with Crippen LogP contribution in [0.25, 0.3) is 0 Å². The molecule has 1 unspecified atom stereocenters. The van der Waals surface area contributed by atoms with Crippen LogP contribution >= 0.6 is 23.5 Å².